The van der Waals surface area contributed by atoms with Crippen molar-refractivity contribution in [2.75, 3.05) is 45.0 Å². The van der Waals surface area contributed by atoms with Gasteiger partial charge >= 0.3 is 183 Å². The molecular formula is C50H63Cs2CuI2N3O11+. The second kappa shape index (κ2) is 40.1. The van der Waals surface area contributed by atoms with Gasteiger partial charge in [0.15, 0.2) is 0 Å². The summed E-state index contributed by atoms with van der Waals surface area (Å²) in [5.74, 6) is 1.85. The molecule has 4 N–H and O–H groups in total. The third-order valence-electron chi connectivity index (χ3n) is 10.7. The molecule has 7 rings (SSSR count). The summed E-state index contributed by atoms with van der Waals surface area (Å²) >= 11 is 8.18. The number of phenols is 1. The van der Waals surface area contributed by atoms with Crippen LogP contribution in [0.1, 0.15) is 82.4 Å². The Morgan fingerprint density at radius 3 is 1.90 bits per heavy atom. The number of pyridine rings is 1. The molecule has 69 heavy (non-hydrogen) atoms. The van der Waals surface area contributed by atoms with E-state index in [1.54, 1.807) is 33.3 Å². The van der Waals surface area contributed by atoms with Gasteiger partial charge in [0, 0.05) is 66.9 Å². The first kappa shape index (κ1) is 68.7. The Balaban J connectivity index is 0.000000890. The summed E-state index contributed by atoms with van der Waals surface area (Å²) in [5, 5.41) is 37.9. The molecule has 4 heterocycles. The van der Waals surface area contributed by atoms with Crippen LogP contribution in [0.3, 0.4) is 0 Å². The molecule has 3 aromatic carbocycles. The molecule has 2 unspecified atom stereocenters. The second-order valence-corrected chi connectivity index (χ2v) is 16.3. The summed E-state index contributed by atoms with van der Waals surface area (Å²) in [5.41, 5.74) is 4.75. The maximum absolute atomic E-state index is 12.4. The van der Waals surface area contributed by atoms with Crippen molar-refractivity contribution in [1.82, 2.24) is 9.55 Å². The van der Waals surface area contributed by atoms with Crippen LogP contribution in [0.5, 0.6) is 5.75 Å². The number of aromatic nitrogens is 2. The van der Waals surface area contributed by atoms with Gasteiger partial charge in [-0.1, -0.05) is 66.7 Å². The van der Waals surface area contributed by atoms with Crippen LogP contribution in [-0.4, -0.2) is 88.6 Å². The molecule has 0 saturated carbocycles. The van der Waals surface area contributed by atoms with E-state index in [9.17, 15) is 14.7 Å². The predicted molar refractivity (Wildman–Crippen MR) is 273 cm³/mol. The molecule has 0 bridgehead atoms. The zero-order valence-corrected chi connectivity index (χ0v) is 58.6. The number of esters is 2. The van der Waals surface area contributed by atoms with Crippen LogP contribution in [0.2, 0.25) is 0 Å². The minimum absolute atomic E-state index is 0. The number of carboxylic acid groups (broad SMARTS) is 2. The number of aliphatic hydroxyl groups excluding tert-OH is 1. The molecule has 2 saturated heterocycles. The van der Waals surface area contributed by atoms with Gasteiger partial charge in [0.25, 0.3) is 0 Å². The average Bonchev–Trinajstić information content (AvgIpc) is 3.63. The van der Waals surface area contributed by atoms with E-state index < -0.39 is 12.1 Å². The molecule has 370 valence electrons. The molecule has 2 aromatic heterocycles. The van der Waals surface area contributed by atoms with Gasteiger partial charge in [-0.15, -0.1) is 0 Å². The molecule has 2 aliphatic rings. The topological polar surface area (TPSA) is 202 Å². The van der Waals surface area contributed by atoms with Crippen molar-refractivity contribution in [2.24, 2.45) is 11.8 Å². The van der Waals surface area contributed by atoms with Gasteiger partial charge in [0.2, 0.25) is 6.16 Å². The van der Waals surface area contributed by atoms with E-state index in [-0.39, 0.29) is 150 Å². The van der Waals surface area contributed by atoms with Gasteiger partial charge in [-0.25, -0.2) is 14.6 Å². The van der Waals surface area contributed by atoms with Crippen molar-refractivity contribution in [3.05, 3.63) is 124 Å². The third-order valence-corrected chi connectivity index (χ3v) is 11.6. The molecule has 0 amide bonds. The molecule has 0 spiro atoms. The van der Waals surface area contributed by atoms with E-state index in [1.807, 2.05) is 92.8 Å². The van der Waals surface area contributed by atoms with E-state index in [0.29, 0.717) is 48.4 Å². The number of anilines is 1. The number of aromatic hydroxyl groups is 1. The summed E-state index contributed by atoms with van der Waals surface area (Å²) in [4.78, 5) is 35.6. The van der Waals surface area contributed by atoms with Gasteiger partial charge in [-0.05, 0) is 131 Å². The number of carbonyl (C=O) groups is 3. The minimum atomic E-state index is -2.08. The first-order valence-electron chi connectivity index (χ1n) is 21.9. The fourth-order valence-corrected chi connectivity index (χ4v) is 8.02. The third kappa shape index (κ3) is 25.7. The van der Waals surface area contributed by atoms with Gasteiger partial charge in [0.05, 0.1) is 34.2 Å². The number of hydrogen-bond acceptors (Lipinski definition) is 12. The number of halogens is 2. The second-order valence-electron chi connectivity index (χ2n) is 15.2. The number of para-hydroxylation sites is 2. The van der Waals surface area contributed by atoms with Crippen LogP contribution in [0.25, 0.3) is 22.0 Å². The van der Waals surface area contributed by atoms with Crippen LogP contribution in [-0.2, 0) is 36.5 Å². The van der Waals surface area contributed by atoms with E-state index in [1.165, 1.54) is 10.5 Å². The van der Waals surface area contributed by atoms with Gasteiger partial charge < -0.3 is 54.1 Å². The first-order valence-corrected chi connectivity index (χ1v) is 26.0. The molecule has 19 heteroatoms. The van der Waals surface area contributed by atoms with Crippen LogP contribution in [0.4, 0.5) is 10.6 Å². The molecule has 2 fully saturated rings. The fraction of sp³-hybridized carbons (Fsp3) is 0.400. The monoisotopic (exact) mass is 1460 g/mol. The standard InChI is InChI=1S/C19H25NO3.C12H17IN2O.C12H10O.C6H10O3.CH2O3.2Cs.Cu.HI/c1-4-23-19(21)18-14(3)20(17-8-6-5-7-16(17)18)13(2)15-9-11-22-12-10-15;1-9(10-4-7-16-8-5-10)15-12-11(13)3-2-6-14-12;13-12-9-5-4-8-11(12)10-6-2-1-3-7-10;1-3-9-6(8)4-5(2)7;2-1(3)4;;;;/h5-8,13,15H,4,9-12H2,1-3H3;2-3,6,9-10H,4-5,7-8H2,1H3,(H,14,15);1-9,13H;4,7H,3H2,1-2H3;(H2,2,3,4);;;;1H/q;;;;;3*+1;/p-2/b;;;5-4-;;;;;. The van der Waals surface area contributed by atoms with Crippen molar-refractivity contribution in [3.8, 4) is 16.9 Å². The van der Waals surface area contributed by atoms with Crippen molar-refractivity contribution in [2.45, 2.75) is 79.3 Å². The number of ether oxygens (including phenoxy) is 4. The van der Waals surface area contributed by atoms with Gasteiger partial charge in [-0.2, -0.15) is 0 Å². The molecule has 0 aliphatic carbocycles. The number of nitrogens with zero attached hydrogens (tertiary/aromatic N) is 2. The fourth-order valence-electron chi connectivity index (χ4n) is 7.52. The maximum atomic E-state index is 12.4. The number of benzene rings is 3. The van der Waals surface area contributed by atoms with Crippen molar-refractivity contribution < 1.29 is 204 Å². The Hall–Kier alpha value is -0.297. The van der Waals surface area contributed by atoms with E-state index >= 15 is 0 Å². The Morgan fingerprint density at radius 2 is 1.36 bits per heavy atom. The van der Waals surface area contributed by atoms with Crippen molar-refractivity contribution in [3.63, 3.8) is 0 Å². The van der Waals surface area contributed by atoms with Crippen LogP contribution in [0.15, 0.2) is 109 Å². The molecule has 2 aliphatic heterocycles. The summed E-state index contributed by atoms with van der Waals surface area (Å²) in [6.45, 7) is 15.7. The summed E-state index contributed by atoms with van der Waals surface area (Å²) in [6.07, 6.45) is 5.23. The molecule has 5 aromatic rings. The molecule has 14 nitrogen and oxygen atoms in total. The average molecular weight is 1470 g/mol. The zero-order chi connectivity index (χ0) is 49.7. The SMILES string of the molecule is CC(Nc1ncccc1I)C1CCOCC1.CCOC(=O)/C=C(/C)O.CCOC(=O)c1c(C)n(C(C)C2CCOCC2)c2ccccc12.O=C([O-])O.Oc1ccccc1-c1ccccc1.[Cs+].[Cs+].[Cu][I]. The number of allylic oxidation sites excluding steroid dienone is 1. The van der Waals surface area contributed by atoms with Crippen LogP contribution >= 0.6 is 42.9 Å². The van der Waals surface area contributed by atoms with Gasteiger partial charge in [0.1, 0.15) is 11.6 Å². The number of rotatable bonds is 10. The number of aliphatic hydroxyl groups is 1. The van der Waals surface area contributed by atoms with Crippen LogP contribution in [0, 0.1) is 22.3 Å². The predicted octanol–water partition coefficient (Wildman–Crippen LogP) is 4.88. The molecular weight excluding hydrogens is 1400 g/mol. The Labute approximate surface area is 558 Å². The Kier molecular flexibility index (Phi) is 39.9. The Bertz CT molecular complexity index is 2250. The number of carbonyl (C=O) groups excluding carboxylic acids is 2. The van der Waals surface area contributed by atoms with Crippen LogP contribution < -0.4 is 148 Å². The van der Waals surface area contributed by atoms with Crippen molar-refractivity contribution >= 4 is 77.8 Å². The number of nitrogens with one attached hydrogen (secondary N) is 1. The summed E-state index contributed by atoms with van der Waals surface area (Å²) < 4.78 is 24.1. The first-order chi connectivity index (χ1) is 32.2. The molecule has 2 atom stereocenters. The van der Waals surface area contributed by atoms with Crippen molar-refractivity contribution in [1.29, 1.82) is 0 Å². The normalized spacial score (nSPS) is 14.0. The van der Waals surface area contributed by atoms with E-state index in [0.717, 1.165) is 91.7 Å². The number of hydrogen-bond donors (Lipinski definition) is 4. The van der Waals surface area contributed by atoms with Gasteiger partial charge in [-0.3, -0.25) is 0 Å². The van der Waals surface area contributed by atoms with E-state index in [2.05, 4.69) is 80.9 Å². The quantitative estimate of drug-likeness (QED) is 0.0486. The van der Waals surface area contributed by atoms with E-state index in [4.69, 9.17) is 34.3 Å². The zero-order valence-electron chi connectivity index (χ0n) is 40.8. The number of fused-ring (bicyclic) bond motifs is 1. The summed E-state index contributed by atoms with van der Waals surface area (Å²) in [6, 6.07) is 30.2. The number of phenolic OH excluding ortho intramolecular Hbond substituents is 1. The Morgan fingerprint density at radius 1 is 0.841 bits per heavy atom. The summed E-state index contributed by atoms with van der Waals surface area (Å²) in [7, 11) is 0. The molecule has 0 radical (unpaired) electrons.